The molecule has 1 N–H and O–H groups in total. The molecule has 156 valence electrons. The van der Waals surface area contributed by atoms with Gasteiger partial charge in [0.2, 0.25) is 5.91 Å². The SMILES string of the molecule is CN(C1CCCCC1)S(=O)(=O)N1CCCC(C(=O)NCc2cccc(Br)c2)C1. The Labute approximate surface area is 177 Å². The van der Waals surface area contributed by atoms with Gasteiger partial charge in [-0.1, -0.05) is 47.3 Å². The van der Waals surface area contributed by atoms with Crippen molar-refractivity contribution in [3.8, 4) is 0 Å². The van der Waals surface area contributed by atoms with Crippen LogP contribution < -0.4 is 5.32 Å². The second kappa shape index (κ2) is 9.69. The smallest absolute Gasteiger partial charge is 0.281 e. The van der Waals surface area contributed by atoms with E-state index in [1.165, 1.54) is 10.7 Å². The van der Waals surface area contributed by atoms with Crippen molar-refractivity contribution >= 4 is 32.0 Å². The molecule has 3 rings (SSSR count). The van der Waals surface area contributed by atoms with Gasteiger partial charge in [0.25, 0.3) is 10.2 Å². The van der Waals surface area contributed by atoms with Crippen LogP contribution >= 0.6 is 15.9 Å². The number of nitrogens with one attached hydrogen (secondary N) is 1. The first-order valence-electron chi connectivity index (χ1n) is 10.1. The molecule has 1 aliphatic heterocycles. The second-order valence-corrected chi connectivity index (χ2v) is 10.8. The van der Waals surface area contributed by atoms with E-state index in [4.69, 9.17) is 0 Å². The molecule has 0 bridgehead atoms. The number of rotatable bonds is 6. The quantitative estimate of drug-likeness (QED) is 0.691. The molecular weight excluding hydrogens is 442 g/mol. The minimum atomic E-state index is -3.52. The van der Waals surface area contributed by atoms with E-state index in [1.807, 2.05) is 24.3 Å². The lowest BCUT2D eigenvalue weighted by atomic mass is 9.96. The Balaban J connectivity index is 1.58. The van der Waals surface area contributed by atoms with Gasteiger partial charge in [-0.3, -0.25) is 4.79 Å². The van der Waals surface area contributed by atoms with Gasteiger partial charge in [0.05, 0.1) is 5.92 Å². The molecule has 1 atom stereocenters. The molecule has 1 aromatic rings. The molecule has 0 radical (unpaired) electrons. The summed E-state index contributed by atoms with van der Waals surface area (Å²) in [6.45, 7) is 1.21. The molecule has 8 heteroatoms. The molecule has 1 aromatic carbocycles. The Morgan fingerprint density at radius 3 is 2.68 bits per heavy atom. The molecule has 1 aliphatic carbocycles. The monoisotopic (exact) mass is 471 g/mol. The summed E-state index contributed by atoms with van der Waals surface area (Å²) in [7, 11) is -1.82. The standard InChI is InChI=1S/C20H30BrN3O3S/c1-23(19-10-3-2-4-11-19)28(26,27)24-12-6-8-17(15-24)20(25)22-14-16-7-5-9-18(21)13-16/h5,7,9,13,17,19H,2-4,6,8,10-12,14-15H2,1H3,(H,22,25). The number of carbonyl (C=O) groups is 1. The van der Waals surface area contributed by atoms with Gasteiger partial charge in [-0.2, -0.15) is 17.0 Å². The molecule has 0 spiro atoms. The van der Waals surface area contributed by atoms with Crippen molar-refractivity contribution in [2.45, 2.75) is 57.5 Å². The van der Waals surface area contributed by atoms with E-state index in [0.717, 1.165) is 42.1 Å². The zero-order valence-corrected chi connectivity index (χ0v) is 18.8. The molecule has 28 heavy (non-hydrogen) atoms. The lowest BCUT2D eigenvalue weighted by molar-refractivity contribution is -0.126. The summed E-state index contributed by atoms with van der Waals surface area (Å²) < 4.78 is 30.2. The zero-order chi connectivity index (χ0) is 20.1. The topological polar surface area (TPSA) is 69.7 Å². The van der Waals surface area contributed by atoms with Crippen molar-refractivity contribution in [1.82, 2.24) is 13.9 Å². The van der Waals surface area contributed by atoms with Crippen LogP contribution in [0, 0.1) is 5.92 Å². The highest BCUT2D eigenvalue weighted by atomic mass is 79.9. The van der Waals surface area contributed by atoms with Crippen LogP contribution in [0.4, 0.5) is 0 Å². The van der Waals surface area contributed by atoms with Crippen molar-refractivity contribution in [1.29, 1.82) is 0 Å². The predicted molar refractivity (Wildman–Crippen MR) is 114 cm³/mol. The fourth-order valence-electron chi connectivity index (χ4n) is 4.16. The van der Waals surface area contributed by atoms with E-state index in [1.54, 1.807) is 11.4 Å². The summed E-state index contributed by atoms with van der Waals surface area (Å²) in [5.41, 5.74) is 1.01. The van der Waals surface area contributed by atoms with Gasteiger partial charge in [0.15, 0.2) is 0 Å². The van der Waals surface area contributed by atoms with Crippen LogP contribution in [0.2, 0.25) is 0 Å². The zero-order valence-electron chi connectivity index (χ0n) is 16.4. The van der Waals surface area contributed by atoms with E-state index in [2.05, 4.69) is 21.2 Å². The summed E-state index contributed by atoms with van der Waals surface area (Å²) in [6.07, 6.45) is 6.67. The lowest BCUT2D eigenvalue weighted by Crippen LogP contribution is -2.52. The Morgan fingerprint density at radius 2 is 1.96 bits per heavy atom. The van der Waals surface area contributed by atoms with Crippen LogP contribution in [-0.4, -0.2) is 49.1 Å². The Hall–Kier alpha value is -0.960. The number of benzene rings is 1. The maximum atomic E-state index is 13.1. The second-order valence-electron chi connectivity index (χ2n) is 7.86. The summed E-state index contributed by atoms with van der Waals surface area (Å²) in [5, 5.41) is 2.97. The summed E-state index contributed by atoms with van der Waals surface area (Å²) in [6, 6.07) is 7.89. The van der Waals surface area contributed by atoms with E-state index < -0.39 is 10.2 Å². The number of halogens is 1. The maximum absolute atomic E-state index is 13.1. The highest BCUT2D eigenvalue weighted by molar-refractivity contribution is 9.10. The van der Waals surface area contributed by atoms with Gasteiger partial charge in [-0.05, 0) is 43.4 Å². The molecular formula is C20H30BrN3O3S. The number of piperidine rings is 1. The van der Waals surface area contributed by atoms with Gasteiger partial charge in [0, 0.05) is 37.2 Å². The van der Waals surface area contributed by atoms with Crippen LogP contribution in [-0.2, 0) is 21.5 Å². The normalized spacial score (nSPS) is 22.3. The van der Waals surface area contributed by atoms with Crippen LogP contribution in [0.15, 0.2) is 28.7 Å². The van der Waals surface area contributed by atoms with Crippen LogP contribution in [0.5, 0.6) is 0 Å². The molecule has 6 nitrogen and oxygen atoms in total. The third-order valence-corrected chi connectivity index (χ3v) is 8.39. The Bertz CT molecular complexity index is 781. The number of amides is 1. The highest BCUT2D eigenvalue weighted by Gasteiger charge is 2.37. The predicted octanol–water partition coefficient (Wildman–Crippen LogP) is 3.29. The molecule has 1 heterocycles. The fourth-order valence-corrected chi connectivity index (χ4v) is 6.29. The summed E-state index contributed by atoms with van der Waals surface area (Å²) >= 11 is 3.43. The van der Waals surface area contributed by atoms with Crippen molar-refractivity contribution < 1.29 is 13.2 Å². The van der Waals surface area contributed by atoms with E-state index in [0.29, 0.717) is 19.5 Å². The molecule has 1 saturated heterocycles. The third-order valence-electron chi connectivity index (χ3n) is 5.89. The first-order chi connectivity index (χ1) is 13.4. The van der Waals surface area contributed by atoms with E-state index in [-0.39, 0.29) is 24.4 Å². The Morgan fingerprint density at radius 1 is 1.21 bits per heavy atom. The average molecular weight is 472 g/mol. The first-order valence-corrected chi connectivity index (χ1v) is 12.3. The Kier molecular flexibility index (Phi) is 7.53. The molecule has 0 aromatic heterocycles. The van der Waals surface area contributed by atoms with E-state index >= 15 is 0 Å². The van der Waals surface area contributed by atoms with Gasteiger partial charge in [0.1, 0.15) is 0 Å². The van der Waals surface area contributed by atoms with Crippen molar-refractivity contribution in [3.63, 3.8) is 0 Å². The number of hydrogen-bond donors (Lipinski definition) is 1. The van der Waals surface area contributed by atoms with Crippen molar-refractivity contribution in [3.05, 3.63) is 34.3 Å². The first kappa shape index (κ1) is 21.7. The molecule has 1 amide bonds. The number of carbonyl (C=O) groups excluding carboxylic acids is 1. The number of nitrogens with zero attached hydrogens (tertiary/aromatic N) is 2. The van der Waals surface area contributed by atoms with Crippen LogP contribution in [0.3, 0.4) is 0 Å². The molecule has 2 aliphatic rings. The van der Waals surface area contributed by atoms with Crippen LogP contribution in [0.1, 0.15) is 50.5 Å². The summed E-state index contributed by atoms with van der Waals surface area (Å²) in [5.74, 6) is -0.365. The minimum absolute atomic E-state index is 0.0693. The van der Waals surface area contributed by atoms with Gasteiger partial charge in [-0.25, -0.2) is 0 Å². The molecule has 1 saturated carbocycles. The van der Waals surface area contributed by atoms with Gasteiger partial charge in [-0.15, -0.1) is 0 Å². The van der Waals surface area contributed by atoms with Gasteiger partial charge < -0.3 is 5.32 Å². The van der Waals surface area contributed by atoms with Crippen LogP contribution in [0.25, 0.3) is 0 Å². The largest absolute Gasteiger partial charge is 0.352 e. The summed E-state index contributed by atoms with van der Waals surface area (Å²) in [4.78, 5) is 12.6. The number of hydrogen-bond acceptors (Lipinski definition) is 3. The highest BCUT2D eigenvalue weighted by Crippen LogP contribution is 2.27. The molecule has 1 unspecified atom stereocenters. The van der Waals surface area contributed by atoms with Crippen molar-refractivity contribution in [2.24, 2.45) is 5.92 Å². The van der Waals surface area contributed by atoms with Crippen molar-refractivity contribution in [2.75, 3.05) is 20.1 Å². The molecule has 2 fully saturated rings. The average Bonchev–Trinajstić information content (AvgIpc) is 2.72. The minimum Gasteiger partial charge on any atom is -0.352 e. The van der Waals surface area contributed by atoms with Gasteiger partial charge >= 0.3 is 0 Å². The maximum Gasteiger partial charge on any atom is 0.281 e. The third kappa shape index (κ3) is 5.34. The fraction of sp³-hybridized carbons (Fsp3) is 0.650. The lowest BCUT2D eigenvalue weighted by Gasteiger charge is -2.37. The van der Waals surface area contributed by atoms with E-state index in [9.17, 15) is 13.2 Å².